The van der Waals surface area contributed by atoms with Crippen molar-refractivity contribution in [1.29, 1.82) is 0 Å². The summed E-state index contributed by atoms with van der Waals surface area (Å²) in [7, 11) is 1.98. The van der Waals surface area contributed by atoms with Gasteiger partial charge in [-0.3, -0.25) is 4.79 Å². The third kappa shape index (κ3) is 3.98. The molecule has 1 amide bonds. The highest BCUT2D eigenvalue weighted by Crippen LogP contribution is 2.39. The van der Waals surface area contributed by atoms with Crippen LogP contribution in [0.4, 0.5) is 0 Å². The largest absolute Gasteiger partial charge is 0.356 e. The molecule has 2 unspecified atom stereocenters. The molecule has 3 heteroatoms. The van der Waals surface area contributed by atoms with E-state index in [1.807, 2.05) is 7.05 Å². The molecule has 102 valence electrons. The highest BCUT2D eigenvalue weighted by Gasteiger charge is 2.35. The van der Waals surface area contributed by atoms with Crippen LogP contribution >= 0.6 is 0 Å². The van der Waals surface area contributed by atoms with Crippen molar-refractivity contribution in [1.82, 2.24) is 10.6 Å². The molecule has 0 heterocycles. The summed E-state index contributed by atoms with van der Waals surface area (Å²) in [6.45, 7) is 5.57. The normalized spacial score (nSPS) is 21.6. The van der Waals surface area contributed by atoms with Gasteiger partial charge in [-0.15, -0.1) is 0 Å². The number of carbonyl (C=O) groups is 1. The highest BCUT2D eigenvalue weighted by atomic mass is 16.1. The predicted octanol–water partition coefficient (Wildman–Crippen LogP) is 2.26. The van der Waals surface area contributed by atoms with Gasteiger partial charge in [0.15, 0.2) is 0 Å². The molecule has 0 aromatic carbocycles. The summed E-state index contributed by atoms with van der Waals surface area (Å²) >= 11 is 0. The van der Waals surface area contributed by atoms with E-state index in [-0.39, 0.29) is 11.3 Å². The van der Waals surface area contributed by atoms with Crippen LogP contribution in [0.15, 0.2) is 24.3 Å². The van der Waals surface area contributed by atoms with Crippen LogP contribution in [0.3, 0.4) is 0 Å². The zero-order valence-electron chi connectivity index (χ0n) is 11.8. The summed E-state index contributed by atoms with van der Waals surface area (Å²) in [6.07, 6.45) is 12.0. The van der Waals surface area contributed by atoms with E-state index in [1.54, 1.807) is 6.92 Å². The van der Waals surface area contributed by atoms with Gasteiger partial charge in [0.1, 0.15) is 0 Å². The van der Waals surface area contributed by atoms with Gasteiger partial charge in [-0.05, 0) is 44.2 Å². The van der Waals surface area contributed by atoms with Gasteiger partial charge < -0.3 is 10.6 Å². The first-order chi connectivity index (χ1) is 8.64. The van der Waals surface area contributed by atoms with Gasteiger partial charge in [0.25, 0.3) is 0 Å². The fraction of sp³-hybridized carbons (Fsp3) is 0.667. The number of hydrogen-bond acceptors (Lipinski definition) is 2. The SMILES string of the molecule is CCC(CCNC)(CNC(C)=O)C1C=CC=CC1. The van der Waals surface area contributed by atoms with Crippen LogP contribution in [-0.4, -0.2) is 26.0 Å². The summed E-state index contributed by atoms with van der Waals surface area (Å²) in [5.41, 5.74) is 0.163. The molecule has 0 aliphatic heterocycles. The molecular weight excluding hydrogens is 224 g/mol. The number of allylic oxidation sites excluding steroid dienone is 4. The molecule has 0 aromatic rings. The lowest BCUT2D eigenvalue weighted by atomic mass is 9.68. The molecule has 0 bridgehead atoms. The van der Waals surface area contributed by atoms with Gasteiger partial charge in [-0.25, -0.2) is 0 Å². The Kier molecular flexibility index (Phi) is 6.13. The Hall–Kier alpha value is -1.09. The molecule has 0 fully saturated rings. The molecule has 2 N–H and O–H groups in total. The summed E-state index contributed by atoms with van der Waals surface area (Å²) < 4.78 is 0. The van der Waals surface area contributed by atoms with Crippen LogP contribution in [0, 0.1) is 11.3 Å². The van der Waals surface area contributed by atoms with E-state index in [0.29, 0.717) is 5.92 Å². The maximum absolute atomic E-state index is 11.2. The Morgan fingerprint density at radius 3 is 2.72 bits per heavy atom. The smallest absolute Gasteiger partial charge is 0.216 e. The average molecular weight is 250 g/mol. The van der Waals surface area contributed by atoms with Crippen LogP contribution in [0.2, 0.25) is 0 Å². The molecule has 18 heavy (non-hydrogen) atoms. The van der Waals surface area contributed by atoms with E-state index in [1.165, 1.54) is 0 Å². The molecule has 0 aromatic heterocycles. The Balaban J connectivity index is 2.78. The third-order valence-electron chi connectivity index (χ3n) is 4.03. The minimum absolute atomic E-state index is 0.0626. The van der Waals surface area contributed by atoms with Crippen molar-refractivity contribution < 1.29 is 4.79 Å². The van der Waals surface area contributed by atoms with Gasteiger partial charge >= 0.3 is 0 Å². The second-order valence-electron chi connectivity index (χ2n) is 5.13. The van der Waals surface area contributed by atoms with Gasteiger partial charge in [0.05, 0.1) is 0 Å². The van der Waals surface area contributed by atoms with Crippen molar-refractivity contribution >= 4 is 5.91 Å². The van der Waals surface area contributed by atoms with Crippen LogP contribution in [0.5, 0.6) is 0 Å². The van der Waals surface area contributed by atoms with Crippen molar-refractivity contribution in [2.24, 2.45) is 11.3 Å². The molecule has 3 nitrogen and oxygen atoms in total. The lowest BCUT2D eigenvalue weighted by molar-refractivity contribution is -0.119. The maximum Gasteiger partial charge on any atom is 0.216 e. The van der Waals surface area contributed by atoms with E-state index >= 15 is 0 Å². The van der Waals surface area contributed by atoms with E-state index < -0.39 is 0 Å². The monoisotopic (exact) mass is 250 g/mol. The van der Waals surface area contributed by atoms with Crippen LogP contribution in [0.25, 0.3) is 0 Å². The summed E-state index contributed by atoms with van der Waals surface area (Å²) in [6, 6.07) is 0. The average Bonchev–Trinajstić information content (AvgIpc) is 2.40. The number of nitrogens with one attached hydrogen (secondary N) is 2. The number of amides is 1. The Labute approximate surface area is 111 Å². The molecule has 0 saturated carbocycles. The molecule has 1 rings (SSSR count). The molecule has 2 atom stereocenters. The number of hydrogen-bond donors (Lipinski definition) is 2. The third-order valence-corrected chi connectivity index (χ3v) is 4.03. The first-order valence-electron chi connectivity index (χ1n) is 6.87. The van der Waals surface area contributed by atoms with E-state index in [9.17, 15) is 4.79 Å². The van der Waals surface area contributed by atoms with E-state index in [2.05, 4.69) is 41.9 Å². The van der Waals surface area contributed by atoms with Crippen molar-refractivity contribution in [3.8, 4) is 0 Å². The zero-order valence-corrected chi connectivity index (χ0v) is 11.8. The minimum atomic E-state index is 0.0626. The Morgan fingerprint density at radius 2 is 2.22 bits per heavy atom. The Morgan fingerprint density at radius 1 is 1.44 bits per heavy atom. The zero-order chi connectivity index (χ0) is 13.4. The quantitative estimate of drug-likeness (QED) is 0.727. The maximum atomic E-state index is 11.2. The standard InChI is InChI=1S/C15H26N2O/c1-4-15(10-11-16-3,12-17-13(2)18)14-8-6-5-7-9-14/h5-8,14,16H,4,9-12H2,1-3H3,(H,17,18). The summed E-state index contributed by atoms with van der Waals surface area (Å²) in [4.78, 5) is 11.2. The van der Waals surface area contributed by atoms with Gasteiger partial charge in [0, 0.05) is 13.5 Å². The van der Waals surface area contributed by atoms with Crippen molar-refractivity contribution in [2.45, 2.75) is 33.1 Å². The van der Waals surface area contributed by atoms with Gasteiger partial charge in [-0.1, -0.05) is 31.2 Å². The first-order valence-corrected chi connectivity index (χ1v) is 6.87. The predicted molar refractivity (Wildman–Crippen MR) is 76.3 cm³/mol. The second kappa shape index (κ2) is 7.37. The number of carbonyl (C=O) groups excluding carboxylic acids is 1. The van der Waals surface area contributed by atoms with Crippen LogP contribution < -0.4 is 10.6 Å². The molecule has 0 spiro atoms. The lowest BCUT2D eigenvalue weighted by Gasteiger charge is -2.39. The van der Waals surface area contributed by atoms with Gasteiger partial charge in [0.2, 0.25) is 5.91 Å². The molecule has 0 saturated heterocycles. The topological polar surface area (TPSA) is 41.1 Å². The highest BCUT2D eigenvalue weighted by molar-refractivity contribution is 5.72. The first kappa shape index (κ1) is 15.0. The molecule has 1 aliphatic rings. The summed E-state index contributed by atoms with van der Waals surface area (Å²) in [5.74, 6) is 0.584. The summed E-state index contributed by atoms with van der Waals surface area (Å²) in [5, 5.41) is 6.25. The Bertz CT molecular complexity index is 322. The lowest BCUT2D eigenvalue weighted by Crippen LogP contribution is -2.43. The fourth-order valence-electron chi connectivity index (χ4n) is 2.68. The minimum Gasteiger partial charge on any atom is -0.356 e. The molecule has 0 radical (unpaired) electrons. The van der Waals surface area contributed by atoms with E-state index in [4.69, 9.17) is 0 Å². The fourth-order valence-corrected chi connectivity index (χ4v) is 2.68. The van der Waals surface area contributed by atoms with Crippen molar-refractivity contribution in [3.05, 3.63) is 24.3 Å². The van der Waals surface area contributed by atoms with Crippen LogP contribution in [0.1, 0.15) is 33.1 Å². The van der Waals surface area contributed by atoms with Crippen molar-refractivity contribution in [3.63, 3.8) is 0 Å². The van der Waals surface area contributed by atoms with Crippen LogP contribution in [-0.2, 0) is 4.79 Å². The van der Waals surface area contributed by atoms with Gasteiger partial charge in [-0.2, -0.15) is 0 Å². The second-order valence-corrected chi connectivity index (χ2v) is 5.13. The molecule has 1 aliphatic carbocycles. The molecular formula is C15H26N2O. The number of rotatable bonds is 7. The van der Waals surface area contributed by atoms with Crippen molar-refractivity contribution in [2.75, 3.05) is 20.1 Å². The van der Waals surface area contributed by atoms with E-state index in [0.717, 1.165) is 32.4 Å².